The van der Waals surface area contributed by atoms with Crippen LogP contribution in [0.3, 0.4) is 0 Å². The maximum atomic E-state index is 12.2. The quantitative estimate of drug-likeness (QED) is 0.593. The van der Waals surface area contributed by atoms with Crippen molar-refractivity contribution in [1.82, 2.24) is 0 Å². The van der Waals surface area contributed by atoms with Gasteiger partial charge in [-0.05, 0) is 12.2 Å². The van der Waals surface area contributed by atoms with E-state index in [-0.39, 0.29) is 22.7 Å². The number of rotatable bonds is 4. The highest BCUT2D eigenvalue weighted by molar-refractivity contribution is 6.05. The third-order valence-electron chi connectivity index (χ3n) is 3.78. The molecule has 4 N–H and O–H groups in total. The average Bonchev–Trinajstić information content (AvgIpc) is 2.50. The van der Waals surface area contributed by atoms with Crippen molar-refractivity contribution >= 4 is 11.6 Å². The predicted molar refractivity (Wildman–Crippen MR) is 82.7 cm³/mol. The molecular weight excluding hydrogens is 300 g/mol. The molecule has 0 saturated heterocycles. The second kappa shape index (κ2) is 6.00. The largest absolute Gasteiger partial charge is 0.504 e. The van der Waals surface area contributed by atoms with Crippen LogP contribution in [0.4, 0.5) is 0 Å². The third-order valence-corrected chi connectivity index (χ3v) is 3.78. The first-order valence-electron chi connectivity index (χ1n) is 6.78. The van der Waals surface area contributed by atoms with Crippen molar-refractivity contribution in [2.45, 2.75) is 6.42 Å². The van der Waals surface area contributed by atoms with Gasteiger partial charge in [0.2, 0.25) is 0 Å². The van der Waals surface area contributed by atoms with E-state index >= 15 is 0 Å². The number of aliphatic hydroxyl groups is 4. The molecule has 0 aromatic carbocycles. The summed E-state index contributed by atoms with van der Waals surface area (Å²) < 4.78 is 0. The Kier molecular flexibility index (Phi) is 4.27. The molecule has 2 rings (SSSR count). The second-order valence-electron chi connectivity index (χ2n) is 5.30. The van der Waals surface area contributed by atoms with Crippen LogP contribution in [0.1, 0.15) is 6.42 Å². The number of hydrogen-bond donors (Lipinski definition) is 4. The van der Waals surface area contributed by atoms with E-state index in [1.165, 1.54) is 24.3 Å². The zero-order valence-corrected chi connectivity index (χ0v) is 12.2. The van der Waals surface area contributed by atoms with Gasteiger partial charge in [-0.25, -0.2) is 0 Å². The Bertz CT molecular complexity index is 670. The Morgan fingerprint density at radius 3 is 1.52 bits per heavy atom. The van der Waals surface area contributed by atoms with E-state index < -0.39 is 41.3 Å². The summed E-state index contributed by atoms with van der Waals surface area (Å²) in [5.74, 6) is -4.57. The Morgan fingerprint density at radius 2 is 1.17 bits per heavy atom. The first-order chi connectivity index (χ1) is 10.7. The minimum atomic E-state index is -0.909. The van der Waals surface area contributed by atoms with Crippen LogP contribution in [0.5, 0.6) is 0 Å². The molecule has 2 unspecified atom stereocenters. The minimum absolute atomic E-state index is 0.0150. The summed E-state index contributed by atoms with van der Waals surface area (Å²) in [4.78, 5) is 24.5. The Morgan fingerprint density at radius 1 is 0.826 bits per heavy atom. The summed E-state index contributed by atoms with van der Waals surface area (Å²) in [5.41, 5.74) is 0.0300. The molecule has 23 heavy (non-hydrogen) atoms. The third kappa shape index (κ3) is 2.96. The molecule has 0 spiro atoms. The maximum absolute atomic E-state index is 12.2. The van der Waals surface area contributed by atoms with E-state index in [0.29, 0.717) is 0 Å². The zero-order valence-electron chi connectivity index (χ0n) is 12.2. The van der Waals surface area contributed by atoms with Crippen molar-refractivity contribution in [1.29, 1.82) is 0 Å². The van der Waals surface area contributed by atoms with Crippen LogP contribution in [0.25, 0.3) is 0 Å². The fourth-order valence-electron chi connectivity index (χ4n) is 2.38. The molecule has 0 aromatic heterocycles. The molecule has 0 radical (unpaired) electrons. The number of aliphatic hydroxyl groups excluding tert-OH is 4. The molecule has 0 heterocycles. The van der Waals surface area contributed by atoms with Gasteiger partial charge in [0.15, 0.2) is 34.6 Å². The Balaban J connectivity index is 2.09. The molecule has 6 nitrogen and oxygen atoms in total. The second-order valence-corrected chi connectivity index (χ2v) is 5.30. The van der Waals surface area contributed by atoms with Gasteiger partial charge in [-0.3, -0.25) is 9.59 Å². The Labute approximate surface area is 132 Å². The lowest BCUT2D eigenvalue weighted by Gasteiger charge is -2.21. The van der Waals surface area contributed by atoms with Gasteiger partial charge in [0.25, 0.3) is 0 Å². The predicted octanol–water partition coefficient (Wildman–Crippen LogP) is 2.65. The molecule has 2 aliphatic carbocycles. The van der Waals surface area contributed by atoms with Gasteiger partial charge in [0.1, 0.15) is 0 Å². The monoisotopic (exact) mass is 316 g/mol. The topological polar surface area (TPSA) is 115 Å². The van der Waals surface area contributed by atoms with E-state index in [1.54, 1.807) is 0 Å². The van der Waals surface area contributed by atoms with Crippen LogP contribution in [0.15, 0.2) is 71.6 Å². The van der Waals surface area contributed by atoms with E-state index in [2.05, 4.69) is 13.2 Å². The molecular formula is C17H16O6. The van der Waals surface area contributed by atoms with Gasteiger partial charge in [-0.15, -0.1) is 0 Å². The summed E-state index contributed by atoms with van der Waals surface area (Å²) in [6.07, 6.45) is 4.57. The van der Waals surface area contributed by atoms with Gasteiger partial charge < -0.3 is 20.4 Å². The average molecular weight is 316 g/mol. The highest BCUT2D eigenvalue weighted by atomic mass is 16.3. The van der Waals surface area contributed by atoms with E-state index in [0.717, 1.165) is 0 Å². The number of carbonyl (C=O) groups excluding carboxylic acids is 2. The SMILES string of the molecule is C=C1C(O)=C(O)C=CC1C(=O)CC(=O)C1C=CC(O)=C(O)C1=C. The van der Waals surface area contributed by atoms with Crippen LogP contribution < -0.4 is 0 Å². The molecule has 120 valence electrons. The smallest absolute Gasteiger partial charge is 0.161 e. The summed E-state index contributed by atoms with van der Waals surface area (Å²) in [5, 5.41) is 37.9. The number of ketones is 2. The van der Waals surface area contributed by atoms with E-state index in [9.17, 15) is 30.0 Å². The van der Waals surface area contributed by atoms with Gasteiger partial charge in [-0.2, -0.15) is 0 Å². The van der Waals surface area contributed by atoms with Crippen molar-refractivity contribution in [3.63, 3.8) is 0 Å². The molecule has 2 atom stereocenters. The van der Waals surface area contributed by atoms with E-state index in [1.807, 2.05) is 0 Å². The van der Waals surface area contributed by atoms with Gasteiger partial charge >= 0.3 is 0 Å². The van der Waals surface area contributed by atoms with Crippen LogP contribution in [0.2, 0.25) is 0 Å². The summed E-state index contributed by atoms with van der Waals surface area (Å²) >= 11 is 0. The van der Waals surface area contributed by atoms with Gasteiger partial charge in [0, 0.05) is 11.1 Å². The maximum Gasteiger partial charge on any atom is 0.161 e. The van der Waals surface area contributed by atoms with Crippen molar-refractivity contribution in [3.8, 4) is 0 Å². The number of allylic oxidation sites excluding steroid dienone is 6. The van der Waals surface area contributed by atoms with Gasteiger partial charge in [0.05, 0.1) is 18.3 Å². The Hall–Kier alpha value is -3.02. The molecule has 0 amide bonds. The highest BCUT2D eigenvalue weighted by Crippen LogP contribution is 2.30. The number of carbonyl (C=O) groups is 2. The first kappa shape index (κ1) is 16.4. The molecule has 0 aliphatic heterocycles. The molecule has 0 saturated carbocycles. The molecule has 0 fully saturated rings. The van der Waals surface area contributed by atoms with Crippen LogP contribution in [-0.2, 0) is 9.59 Å². The first-order valence-corrected chi connectivity index (χ1v) is 6.78. The highest BCUT2D eigenvalue weighted by Gasteiger charge is 2.31. The molecule has 2 aliphatic rings. The van der Waals surface area contributed by atoms with Crippen LogP contribution in [-0.4, -0.2) is 32.0 Å². The fraction of sp³-hybridized carbons (Fsp3) is 0.176. The number of hydrogen-bond acceptors (Lipinski definition) is 6. The van der Waals surface area contributed by atoms with Crippen molar-refractivity contribution in [2.75, 3.05) is 0 Å². The fourth-order valence-corrected chi connectivity index (χ4v) is 2.38. The lowest BCUT2D eigenvalue weighted by Crippen LogP contribution is -2.26. The van der Waals surface area contributed by atoms with Crippen molar-refractivity contribution < 1.29 is 30.0 Å². The van der Waals surface area contributed by atoms with Crippen molar-refractivity contribution in [2.24, 2.45) is 11.8 Å². The lowest BCUT2D eigenvalue weighted by atomic mass is 9.83. The standard InChI is InChI=1S/C17H16O6/c1-8-10(3-5-12(18)16(8)22)14(20)7-15(21)11-4-6-13(19)17(23)9(11)2/h3-6,10-11,18-19,22-23H,1-2,7H2. The molecule has 0 aromatic rings. The minimum Gasteiger partial charge on any atom is -0.504 e. The van der Waals surface area contributed by atoms with Crippen LogP contribution >= 0.6 is 0 Å². The lowest BCUT2D eigenvalue weighted by molar-refractivity contribution is -0.128. The van der Waals surface area contributed by atoms with Crippen molar-refractivity contribution in [3.05, 3.63) is 71.6 Å². The van der Waals surface area contributed by atoms with Gasteiger partial charge in [-0.1, -0.05) is 25.3 Å². The molecule has 0 bridgehead atoms. The number of Topliss-reactive ketones (excluding diaryl/α,β-unsaturated/α-hetero) is 2. The summed E-state index contributed by atoms with van der Waals surface area (Å²) in [7, 11) is 0. The van der Waals surface area contributed by atoms with Crippen LogP contribution in [0, 0.1) is 11.8 Å². The van der Waals surface area contributed by atoms with E-state index in [4.69, 9.17) is 0 Å². The zero-order chi connectivity index (χ0) is 17.3. The summed E-state index contributed by atoms with van der Waals surface area (Å²) in [6.45, 7) is 7.08. The summed E-state index contributed by atoms with van der Waals surface area (Å²) in [6, 6.07) is 0. The normalized spacial score (nSPS) is 24.3. The molecule has 6 heteroatoms.